The molecule has 0 bridgehead atoms. The highest BCUT2D eigenvalue weighted by atomic mass is 16.5. The van der Waals surface area contributed by atoms with Crippen molar-refractivity contribution in [2.24, 2.45) is 5.73 Å². The van der Waals surface area contributed by atoms with Crippen molar-refractivity contribution in [2.75, 3.05) is 47.1 Å². The Balaban J connectivity index is 4.45. The Hall–Kier alpha value is -1.18. The quantitative estimate of drug-likeness (QED) is 0.423. The van der Waals surface area contributed by atoms with E-state index < -0.39 is 17.9 Å². The Kier molecular flexibility index (Phi) is 9.17. The molecule has 0 fully saturated rings. The first kappa shape index (κ1) is 16.8. The fourth-order valence-electron chi connectivity index (χ4n) is 1.26. The molecule has 0 aromatic heterocycles. The molecule has 0 spiro atoms. The van der Waals surface area contributed by atoms with Gasteiger partial charge in [-0.3, -0.25) is 4.79 Å². The van der Waals surface area contributed by atoms with E-state index in [9.17, 15) is 9.59 Å². The second-order valence-corrected chi connectivity index (χ2v) is 3.54. The molecular formula is C11H22N2O5. The average Bonchev–Trinajstić information content (AvgIpc) is 2.37. The predicted molar refractivity (Wildman–Crippen MR) is 64.9 cm³/mol. The molecule has 106 valence electrons. The van der Waals surface area contributed by atoms with Crippen LogP contribution in [0.1, 0.15) is 6.92 Å². The van der Waals surface area contributed by atoms with E-state index in [4.69, 9.17) is 19.9 Å². The van der Waals surface area contributed by atoms with Crippen LogP contribution in [-0.2, 0) is 23.8 Å². The fraction of sp³-hybridized carbons (Fsp3) is 0.818. The van der Waals surface area contributed by atoms with E-state index in [2.05, 4.69) is 0 Å². The number of hydrogen-bond acceptors (Lipinski definition) is 6. The molecule has 0 saturated carbocycles. The number of carbonyl (C=O) groups is 2. The van der Waals surface area contributed by atoms with E-state index in [1.807, 2.05) is 0 Å². The highest BCUT2D eigenvalue weighted by Gasteiger charge is 2.27. The van der Waals surface area contributed by atoms with Crippen molar-refractivity contribution < 1.29 is 23.8 Å². The Bertz CT molecular complexity index is 252. The van der Waals surface area contributed by atoms with Gasteiger partial charge in [0.15, 0.2) is 6.04 Å². The lowest BCUT2D eigenvalue weighted by Crippen LogP contribution is -2.50. The van der Waals surface area contributed by atoms with Gasteiger partial charge >= 0.3 is 5.97 Å². The van der Waals surface area contributed by atoms with Gasteiger partial charge in [-0.2, -0.15) is 0 Å². The van der Waals surface area contributed by atoms with E-state index in [1.165, 1.54) is 19.1 Å². The van der Waals surface area contributed by atoms with Gasteiger partial charge in [0.05, 0.1) is 19.8 Å². The molecule has 18 heavy (non-hydrogen) atoms. The van der Waals surface area contributed by atoms with E-state index in [0.29, 0.717) is 26.3 Å². The zero-order chi connectivity index (χ0) is 14.0. The van der Waals surface area contributed by atoms with Gasteiger partial charge in [0.2, 0.25) is 0 Å². The number of methoxy groups -OCH3 is 2. The number of ether oxygens (including phenoxy) is 3. The largest absolute Gasteiger partial charge is 0.464 e. The Morgan fingerprint density at radius 2 is 1.67 bits per heavy atom. The van der Waals surface area contributed by atoms with Crippen molar-refractivity contribution in [2.45, 2.75) is 13.0 Å². The Morgan fingerprint density at radius 3 is 2.06 bits per heavy atom. The molecular weight excluding hydrogens is 240 g/mol. The number of esters is 1. The van der Waals surface area contributed by atoms with Gasteiger partial charge in [-0.25, -0.2) is 4.79 Å². The second kappa shape index (κ2) is 9.81. The van der Waals surface area contributed by atoms with Gasteiger partial charge in [-0.1, -0.05) is 0 Å². The van der Waals surface area contributed by atoms with Crippen LogP contribution in [0.4, 0.5) is 0 Å². The van der Waals surface area contributed by atoms with Crippen molar-refractivity contribution >= 4 is 11.9 Å². The van der Waals surface area contributed by atoms with Crippen LogP contribution in [0.5, 0.6) is 0 Å². The highest BCUT2D eigenvalue weighted by molar-refractivity contribution is 6.01. The SMILES string of the molecule is CCOC(=O)C(N)C(=O)N(CCOC)CCOC. The maximum Gasteiger partial charge on any atom is 0.332 e. The summed E-state index contributed by atoms with van der Waals surface area (Å²) in [7, 11) is 3.06. The molecule has 0 saturated heterocycles. The van der Waals surface area contributed by atoms with E-state index in [1.54, 1.807) is 6.92 Å². The number of carbonyl (C=O) groups excluding carboxylic acids is 2. The van der Waals surface area contributed by atoms with Gasteiger partial charge in [0.25, 0.3) is 5.91 Å². The molecule has 1 amide bonds. The average molecular weight is 262 g/mol. The first-order chi connectivity index (χ1) is 8.58. The third-order valence-corrected chi connectivity index (χ3v) is 2.25. The third kappa shape index (κ3) is 5.95. The monoisotopic (exact) mass is 262 g/mol. The zero-order valence-electron chi connectivity index (χ0n) is 11.2. The van der Waals surface area contributed by atoms with Crippen molar-refractivity contribution in [3.8, 4) is 0 Å². The first-order valence-electron chi connectivity index (χ1n) is 5.77. The molecule has 0 aromatic rings. The molecule has 0 aliphatic rings. The summed E-state index contributed by atoms with van der Waals surface area (Å²) in [6.45, 7) is 3.28. The predicted octanol–water partition coefficient (Wildman–Crippen LogP) is -1.00. The molecule has 0 aromatic carbocycles. The minimum absolute atomic E-state index is 0.190. The maximum atomic E-state index is 12.0. The van der Waals surface area contributed by atoms with E-state index >= 15 is 0 Å². The Labute approximate surface area is 107 Å². The Morgan fingerprint density at radius 1 is 1.17 bits per heavy atom. The fourth-order valence-corrected chi connectivity index (χ4v) is 1.26. The van der Waals surface area contributed by atoms with Crippen LogP contribution in [0.15, 0.2) is 0 Å². The standard InChI is InChI=1S/C11H22N2O5/c1-4-18-11(15)9(12)10(14)13(5-7-16-2)6-8-17-3/h9H,4-8,12H2,1-3H3. The maximum absolute atomic E-state index is 12.0. The van der Waals surface area contributed by atoms with Crippen LogP contribution in [0.2, 0.25) is 0 Å². The summed E-state index contributed by atoms with van der Waals surface area (Å²) in [5.41, 5.74) is 5.54. The molecule has 1 atom stereocenters. The topological polar surface area (TPSA) is 91.1 Å². The third-order valence-electron chi connectivity index (χ3n) is 2.25. The van der Waals surface area contributed by atoms with Crippen LogP contribution in [0.25, 0.3) is 0 Å². The summed E-state index contributed by atoms with van der Waals surface area (Å²) < 4.78 is 14.5. The van der Waals surface area contributed by atoms with Crippen molar-refractivity contribution in [1.82, 2.24) is 4.90 Å². The van der Waals surface area contributed by atoms with Crippen LogP contribution in [0.3, 0.4) is 0 Å². The smallest absolute Gasteiger partial charge is 0.332 e. The summed E-state index contributed by atoms with van der Waals surface area (Å²) >= 11 is 0. The molecule has 0 rings (SSSR count). The number of hydrogen-bond donors (Lipinski definition) is 1. The number of nitrogens with zero attached hydrogens (tertiary/aromatic N) is 1. The van der Waals surface area contributed by atoms with Gasteiger partial charge in [0, 0.05) is 27.3 Å². The lowest BCUT2D eigenvalue weighted by atomic mass is 10.2. The highest BCUT2D eigenvalue weighted by Crippen LogP contribution is 1.97. The van der Waals surface area contributed by atoms with Gasteiger partial charge in [0.1, 0.15) is 0 Å². The molecule has 2 N–H and O–H groups in total. The van der Waals surface area contributed by atoms with E-state index in [0.717, 1.165) is 0 Å². The first-order valence-corrected chi connectivity index (χ1v) is 5.77. The molecule has 7 heteroatoms. The number of amides is 1. The summed E-state index contributed by atoms with van der Waals surface area (Å²) in [5, 5.41) is 0. The van der Waals surface area contributed by atoms with Gasteiger partial charge in [-0.15, -0.1) is 0 Å². The molecule has 0 aliphatic heterocycles. The van der Waals surface area contributed by atoms with Crippen LogP contribution >= 0.6 is 0 Å². The zero-order valence-corrected chi connectivity index (χ0v) is 11.2. The summed E-state index contributed by atoms with van der Waals surface area (Å²) in [5.74, 6) is -1.20. The summed E-state index contributed by atoms with van der Waals surface area (Å²) in [6.07, 6.45) is 0. The molecule has 0 heterocycles. The van der Waals surface area contributed by atoms with Gasteiger partial charge in [-0.05, 0) is 6.92 Å². The normalized spacial score (nSPS) is 12.0. The van der Waals surface area contributed by atoms with Crippen LogP contribution < -0.4 is 5.73 Å². The molecule has 0 radical (unpaired) electrons. The van der Waals surface area contributed by atoms with Crippen molar-refractivity contribution in [1.29, 1.82) is 0 Å². The summed E-state index contributed by atoms with van der Waals surface area (Å²) in [4.78, 5) is 24.8. The van der Waals surface area contributed by atoms with Gasteiger partial charge < -0.3 is 24.8 Å². The molecule has 1 unspecified atom stereocenters. The second-order valence-electron chi connectivity index (χ2n) is 3.54. The van der Waals surface area contributed by atoms with Crippen molar-refractivity contribution in [3.05, 3.63) is 0 Å². The molecule has 7 nitrogen and oxygen atoms in total. The minimum atomic E-state index is -1.29. The lowest BCUT2D eigenvalue weighted by molar-refractivity contribution is -0.151. The lowest BCUT2D eigenvalue weighted by Gasteiger charge is -2.24. The molecule has 0 aliphatic carbocycles. The number of rotatable bonds is 9. The number of nitrogens with two attached hydrogens (primary N) is 1. The van der Waals surface area contributed by atoms with Crippen molar-refractivity contribution in [3.63, 3.8) is 0 Å². The summed E-state index contributed by atoms with van der Waals surface area (Å²) in [6, 6.07) is -1.29. The van der Waals surface area contributed by atoms with Crippen LogP contribution in [-0.4, -0.2) is 69.9 Å². The minimum Gasteiger partial charge on any atom is -0.464 e. The van der Waals surface area contributed by atoms with Crippen LogP contribution in [0, 0.1) is 0 Å². The van der Waals surface area contributed by atoms with E-state index in [-0.39, 0.29) is 6.61 Å².